The summed E-state index contributed by atoms with van der Waals surface area (Å²) in [6, 6.07) is 0.178. The zero-order chi connectivity index (χ0) is 14.7. The number of carbonyl (C=O) groups excluding carboxylic acids is 1. The second-order valence-electron chi connectivity index (χ2n) is 4.75. The SMILES string of the molecule is O=C(CNc1c(F)c(F)cc(F)c1F)NC1CCCC1. The quantitative estimate of drug-likeness (QED) is 0.661. The molecule has 0 bridgehead atoms. The van der Waals surface area contributed by atoms with Crippen molar-refractivity contribution in [3.63, 3.8) is 0 Å². The predicted molar refractivity (Wildman–Crippen MR) is 65.2 cm³/mol. The Hall–Kier alpha value is -1.79. The number of halogens is 4. The molecule has 0 aliphatic heterocycles. The number of hydrogen-bond acceptors (Lipinski definition) is 2. The standard InChI is InChI=1S/C13H14F4N2O/c14-8-5-9(15)12(17)13(11(8)16)18-6-10(20)19-7-3-1-2-4-7/h5,7,18H,1-4,6H2,(H,19,20). The first kappa shape index (κ1) is 14.6. The van der Waals surface area contributed by atoms with Crippen molar-refractivity contribution in [2.24, 2.45) is 0 Å². The van der Waals surface area contributed by atoms with E-state index in [4.69, 9.17) is 0 Å². The summed E-state index contributed by atoms with van der Waals surface area (Å²) >= 11 is 0. The lowest BCUT2D eigenvalue weighted by Gasteiger charge is -2.13. The maximum absolute atomic E-state index is 13.3. The molecule has 1 aromatic rings. The Bertz CT molecular complexity index is 489. The minimum Gasteiger partial charge on any atom is -0.371 e. The van der Waals surface area contributed by atoms with Crippen molar-refractivity contribution < 1.29 is 22.4 Å². The monoisotopic (exact) mass is 290 g/mol. The number of nitrogens with one attached hydrogen (secondary N) is 2. The fourth-order valence-corrected chi connectivity index (χ4v) is 2.25. The molecule has 1 fully saturated rings. The molecule has 1 aliphatic carbocycles. The minimum absolute atomic E-state index is 0.0586. The molecule has 2 rings (SSSR count). The largest absolute Gasteiger partial charge is 0.371 e. The van der Waals surface area contributed by atoms with E-state index in [1.807, 2.05) is 0 Å². The molecule has 0 atom stereocenters. The molecule has 1 aromatic carbocycles. The van der Waals surface area contributed by atoms with Crippen LogP contribution in [0.1, 0.15) is 25.7 Å². The molecular weight excluding hydrogens is 276 g/mol. The van der Waals surface area contributed by atoms with Crippen LogP contribution in [0.25, 0.3) is 0 Å². The summed E-state index contributed by atoms with van der Waals surface area (Å²) in [6.07, 6.45) is 3.78. The van der Waals surface area contributed by atoms with E-state index in [1.165, 1.54) is 0 Å². The highest BCUT2D eigenvalue weighted by Crippen LogP contribution is 2.24. The molecule has 1 aliphatic rings. The van der Waals surface area contributed by atoms with Crippen LogP contribution in [-0.2, 0) is 4.79 Å². The van der Waals surface area contributed by atoms with Gasteiger partial charge in [-0.05, 0) is 12.8 Å². The van der Waals surface area contributed by atoms with Crippen LogP contribution < -0.4 is 10.6 Å². The van der Waals surface area contributed by atoms with Crippen LogP contribution >= 0.6 is 0 Å². The van der Waals surface area contributed by atoms with Crippen LogP contribution in [0.3, 0.4) is 0 Å². The smallest absolute Gasteiger partial charge is 0.239 e. The first-order chi connectivity index (χ1) is 9.49. The van der Waals surface area contributed by atoms with Gasteiger partial charge in [0, 0.05) is 12.1 Å². The summed E-state index contributed by atoms with van der Waals surface area (Å²) in [5, 5.41) is 4.78. The van der Waals surface area contributed by atoms with Gasteiger partial charge in [-0.15, -0.1) is 0 Å². The molecule has 0 radical (unpaired) electrons. The van der Waals surface area contributed by atoms with Gasteiger partial charge in [0.05, 0.1) is 6.54 Å². The van der Waals surface area contributed by atoms with E-state index in [-0.39, 0.29) is 12.1 Å². The Kier molecular flexibility index (Phi) is 4.46. The molecule has 20 heavy (non-hydrogen) atoms. The summed E-state index contributed by atoms with van der Waals surface area (Å²) in [7, 11) is 0. The Morgan fingerprint density at radius 3 is 2.20 bits per heavy atom. The number of anilines is 1. The van der Waals surface area contributed by atoms with Gasteiger partial charge in [0.1, 0.15) is 5.69 Å². The van der Waals surface area contributed by atoms with Gasteiger partial charge < -0.3 is 10.6 Å². The van der Waals surface area contributed by atoms with Crippen molar-refractivity contribution in [1.82, 2.24) is 5.32 Å². The topological polar surface area (TPSA) is 41.1 Å². The summed E-state index contributed by atoms with van der Waals surface area (Å²) in [5.74, 6) is -6.58. The summed E-state index contributed by atoms with van der Waals surface area (Å²) in [4.78, 5) is 11.6. The van der Waals surface area contributed by atoms with Gasteiger partial charge in [-0.1, -0.05) is 12.8 Å². The zero-order valence-electron chi connectivity index (χ0n) is 10.6. The van der Waals surface area contributed by atoms with Gasteiger partial charge >= 0.3 is 0 Å². The number of carbonyl (C=O) groups is 1. The van der Waals surface area contributed by atoms with Crippen molar-refractivity contribution in [2.45, 2.75) is 31.7 Å². The van der Waals surface area contributed by atoms with E-state index >= 15 is 0 Å². The van der Waals surface area contributed by atoms with Crippen molar-refractivity contribution in [1.29, 1.82) is 0 Å². The molecular formula is C13H14F4N2O. The molecule has 1 amide bonds. The molecule has 0 spiro atoms. The van der Waals surface area contributed by atoms with Gasteiger partial charge in [-0.3, -0.25) is 4.79 Å². The van der Waals surface area contributed by atoms with E-state index < -0.39 is 41.4 Å². The Morgan fingerprint density at radius 2 is 1.65 bits per heavy atom. The van der Waals surface area contributed by atoms with Gasteiger partial charge in [-0.2, -0.15) is 0 Å². The van der Waals surface area contributed by atoms with E-state index in [9.17, 15) is 22.4 Å². The number of benzene rings is 1. The molecule has 1 saturated carbocycles. The lowest BCUT2D eigenvalue weighted by molar-refractivity contribution is -0.120. The van der Waals surface area contributed by atoms with E-state index in [0.717, 1.165) is 25.7 Å². The molecule has 0 heterocycles. The highest BCUT2D eigenvalue weighted by molar-refractivity contribution is 5.81. The fourth-order valence-electron chi connectivity index (χ4n) is 2.25. The normalized spacial score (nSPS) is 15.4. The maximum atomic E-state index is 13.3. The molecule has 2 N–H and O–H groups in total. The fraction of sp³-hybridized carbons (Fsp3) is 0.462. The molecule has 0 unspecified atom stereocenters. The summed E-state index contributed by atoms with van der Waals surface area (Å²) in [6.45, 7) is -0.451. The van der Waals surface area contributed by atoms with Gasteiger partial charge in [0.2, 0.25) is 5.91 Å². The van der Waals surface area contributed by atoms with Crippen molar-refractivity contribution >= 4 is 11.6 Å². The van der Waals surface area contributed by atoms with E-state index in [0.29, 0.717) is 0 Å². The van der Waals surface area contributed by atoms with Crippen LogP contribution in [0.5, 0.6) is 0 Å². The second-order valence-corrected chi connectivity index (χ2v) is 4.75. The summed E-state index contributed by atoms with van der Waals surface area (Å²) < 4.78 is 52.5. The average molecular weight is 290 g/mol. The zero-order valence-corrected chi connectivity index (χ0v) is 10.6. The third kappa shape index (κ3) is 3.20. The van der Waals surface area contributed by atoms with Gasteiger partial charge in [0.15, 0.2) is 23.3 Å². The predicted octanol–water partition coefficient (Wildman–Crippen LogP) is 2.71. The number of rotatable bonds is 4. The van der Waals surface area contributed by atoms with E-state index in [2.05, 4.69) is 10.6 Å². The highest BCUT2D eigenvalue weighted by Gasteiger charge is 2.21. The van der Waals surface area contributed by atoms with Crippen LogP contribution in [0.2, 0.25) is 0 Å². The van der Waals surface area contributed by atoms with Crippen LogP contribution in [0.4, 0.5) is 23.2 Å². The van der Waals surface area contributed by atoms with Gasteiger partial charge in [0.25, 0.3) is 0 Å². The molecule has 7 heteroatoms. The van der Waals surface area contributed by atoms with Crippen molar-refractivity contribution in [3.8, 4) is 0 Å². The third-order valence-electron chi connectivity index (χ3n) is 3.26. The summed E-state index contributed by atoms with van der Waals surface area (Å²) in [5.41, 5.74) is -0.968. The highest BCUT2D eigenvalue weighted by atomic mass is 19.2. The first-order valence-electron chi connectivity index (χ1n) is 6.35. The number of hydrogen-bond donors (Lipinski definition) is 2. The first-order valence-corrected chi connectivity index (χ1v) is 6.35. The van der Waals surface area contributed by atoms with Crippen molar-refractivity contribution in [3.05, 3.63) is 29.3 Å². The van der Waals surface area contributed by atoms with Crippen LogP contribution in [0.15, 0.2) is 6.07 Å². The number of amides is 1. The van der Waals surface area contributed by atoms with E-state index in [1.54, 1.807) is 0 Å². The lowest BCUT2D eigenvalue weighted by atomic mass is 10.2. The Labute approximate surface area is 113 Å². The maximum Gasteiger partial charge on any atom is 0.239 e. The Morgan fingerprint density at radius 1 is 1.10 bits per heavy atom. The van der Waals surface area contributed by atoms with Crippen molar-refractivity contribution in [2.75, 3.05) is 11.9 Å². The average Bonchev–Trinajstić information content (AvgIpc) is 2.89. The second kappa shape index (κ2) is 6.11. The Balaban J connectivity index is 1.98. The molecule has 110 valence electrons. The molecule has 3 nitrogen and oxygen atoms in total. The molecule has 0 saturated heterocycles. The lowest BCUT2D eigenvalue weighted by Crippen LogP contribution is -2.37. The minimum atomic E-state index is -1.54. The van der Waals surface area contributed by atoms with Crippen LogP contribution in [-0.4, -0.2) is 18.5 Å². The molecule has 0 aromatic heterocycles. The van der Waals surface area contributed by atoms with Gasteiger partial charge in [-0.25, -0.2) is 17.6 Å². The van der Waals surface area contributed by atoms with Crippen LogP contribution in [0, 0.1) is 23.3 Å². The third-order valence-corrected chi connectivity index (χ3v) is 3.26.